The van der Waals surface area contributed by atoms with Crippen LogP contribution in [-0.4, -0.2) is 50.4 Å². The molecule has 0 radical (unpaired) electrons. The summed E-state index contributed by atoms with van der Waals surface area (Å²) in [6.07, 6.45) is 1.57. The number of fused-ring (bicyclic) bond motifs is 1. The first kappa shape index (κ1) is 18.1. The Labute approximate surface area is 139 Å². The molecule has 0 amide bonds. The standard InChI is InChI=1S/C12H16N6O7/c13-12-15-10-9(11(20)16-12)14-6-17(10)7-23-4-5-24-8(19)2-1-3-25-18(21)22/h6H,1-5,7H2,(H3,13,15,16,20). The lowest BCUT2D eigenvalue weighted by molar-refractivity contribution is -0.757. The fourth-order valence-electron chi connectivity index (χ4n) is 1.87. The number of nitrogens with two attached hydrogens (primary N) is 1. The molecule has 2 heterocycles. The lowest BCUT2D eigenvalue weighted by Crippen LogP contribution is -2.14. The first-order chi connectivity index (χ1) is 12.0. The molecule has 3 N–H and O–H groups in total. The van der Waals surface area contributed by atoms with Crippen LogP contribution in [0.4, 0.5) is 5.95 Å². The molecule has 0 aliphatic heterocycles. The molecule has 0 atom stereocenters. The summed E-state index contributed by atoms with van der Waals surface area (Å²) in [7, 11) is 0. The van der Waals surface area contributed by atoms with Crippen molar-refractivity contribution >= 4 is 23.1 Å². The molecular formula is C12H16N6O7. The number of ether oxygens (including phenoxy) is 2. The van der Waals surface area contributed by atoms with Crippen molar-refractivity contribution in [3.63, 3.8) is 0 Å². The van der Waals surface area contributed by atoms with Gasteiger partial charge in [0.2, 0.25) is 5.95 Å². The molecule has 2 aromatic rings. The second-order valence-corrected chi connectivity index (χ2v) is 4.76. The van der Waals surface area contributed by atoms with E-state index >= 15 is 0 Å². The van der Waals surface area contributed by atoms with Crippen LogP contribution in [0.5, 0.6) is 0 Å². The number of hydrogen-bond donors (Lipinski definition) is 2. The zero-order valence-corrected chi connectivity index (χ0v) is 13.0. The van der Waals surface area contributed by atoms with Crippen molar-refractivity contribution in [3.05, 3.63) is 26.8 Å². The number of anilines is 1. The minimum atomic E-state index is -0.921. The zero-order chi connectivity index (χ0) is 18.2. The average molecular weight is 356 g/mol. The van der Waals surface area contributed by atoms with E-state index in [0.29, 0.717) is 0 Å². The highest BCUT2D eigenvalue weighted by Gasteiger charge is 2.09. The average Bonchev–Trinajstić information content (AvgIpc) is 2.94. The number of nitrogens with one attached hydrogen (secondary N) is 1. The summed E-state index contributed by atoms with van der Waals surface area (Å²) < 4.78 is 11.7. The number of carbonyl (C=O) groups is 1. The van der Waals surface area contributed by atoms with Crippen molar-refractivity contribution in [1.29, 1.82) is 0 Å². The SMILES string of the molecule is Nc1nc2c(ncn2COCCOC(=O)CCCO[N+](=O)[O-])c(=O)[nH]1. The second kappa shape index (κ2) is 8.58. The van der Waals surface area contributed by atoms with Gasteiger partial charge in [-0.3, -0.25) is 19.1 Å². The van der Waals surface area contributed by atoms with Gasteiger partial charge in [0.15, 0.2) is 11.2 Å². The fourth-order valence-corrected chi connectivity index (χ4v) is 1.87. The first-order valence-corrected chi connectivity index (χ1v) is 7.18. The molecule has 0 aliphatic carbocycles. The van der Waals surface area contributed by atoms with Crippen LogP contribution in [0.1, 0.15) is 12.8 Å². The largest absolute Gasteiger partial charge is 0.463 e. The Kier molecular flexibility index (Phi) is 6.22. The van der Waals surface area contributed by atoms with Crippen molar-refractivity contribution in [1.82, 2.24) is 19.5 Å². The molecule has 2 aromatic heterocycles. The van der Waals surface area contributed by atoms with E-state index < -0.39 is 16.6 Å². The predicted octanol–water partition coefficient (Wildman–Crippen LogP) is -0.792. The number of rotatable bonds is 10. The Balaban J connectivity index is 1.67. The number of carbonyl (C=O) groups excluding carboxylic acids is 1. The molecule has 0 fully saturated rings. The normalized spacial score (nSPS) is 10.7. The predicted molar refractivity (Wildman–Crippen MR) is 81.7 cm³/mol. The quantitative estimate of drug-likeness (QED) is 0.237. The molecule has 136 valence electrons. The molecule has 0 aliphatic rings. The van der Waals surface area contributed by atoms with Crippen molar-refractivity contribution in [2.75, 3.05) is 25.6 Å². The Bertz CT molecular complexity index is 801. The molecule has 13 nitrogen and oxygen atoms in total. The molecule has 2 rings (SSSR count). The van der Waals surface area contributed by atoms with Crippen LogP contribution in [-0.2, 0) is 25.8 Å². The second-order valence-electron chi connectivity index (χ2n) is 4.76. The van der Waals surface area contributed by atoms with Crippen LogP contribution in [0.25, 0.3) is 11.2 Å². The van der Waals surface area contributed by atoms with Gasteiger partial charge < -0.3 is 20.0 Å². The maximum atomic E-state index is 11.6. The van der Waals surface area contributed by atoms with Crippen LogP contribution in [0.2, 0.25) is 0 Å². The first-order valence-electron chi connectivity index (χ1n) is 7.18. The molecule has 0 unspecified atom stereocenters. The third-order valence-corrected chi connectivity index (χ3v) is 2.94. The van der Waals surface area contributed by atoms with E-state index in [0.717, 1.165) is 0 Å². The number of imidazole rings is 1. The Morgan fingerprint density at radius 3 is 2.96 bits per heavy atom. The van der Waals surface area contributed by atoms with Gasteiger partial charge >= 0.3 is 5.97 Å². The monoisotopic (exact) mass is 356 g/mol. The minimum absolute atomic E-state index is 0.00592. The zero-order valence-electron chi connectivity index (χ0n) is 13.0. The molecule has 13 heteroatoms. The lowest BCUT2D eigenvalue weighted by atomic mass is 10.3. The molecule has 0 saturated heterocycles. The van der Waals surface area contributed by atoms with Gasteiger partial charge in [-0.05, 0) is 6.42 Å². The Morgan fingerprint density at radius 2 is 2.20 bits per heavy atom. The van der Waals surface area contributed by atoms with E-state index in [9.17, 15) is 19.7 Å². The summed E-state index contributed by atoms with van der Waals surface area (Å²) in [4.78, 5) is 47.2. The fraction of sp³-hybridized carbons (Fsp3) is 0.500. The summed E-state index contributed by atoms with van der Waals surface area (Å²) in [5.41, 5.74) is 5.45. The third-order valence-electron chi connectivity index (χ3n) is 2.94. The number of aromatic nitrogens is 4. The van der Waals surface area contributed by atoms with Crippen LogP contribution in [0, 0.1) is 10.1 Å². The van der Waals surface area contributed by atoms with Gasteiger partial charge in [0.05, 0.1) is 19.5 Å². The molecule has 25 heavy (non-hydrogen) atoms. The summed E-state index contributed by atoms with van der Waals surface area (Å²) in [5, 5.41) is 9.00. The Hall–Kier alpha value is -3.22. The number of nitrogen functional groups attached to an aromatic ring is 1. The van der Waals surface area contributed by atoms with Crippen LogP contribution < -0.4 is 11.3 Å². The number of H-pyrrole nitrogens is 1. The highest BCUT2D eigenvalue weighted by atomic mass is 16.9. The lowest BCUT2D eigenvalue weighted by Gasteiger charge is -2.07. The van der Waals surface area contributed by atoms with Gasteiger partial charge in [0, 0.05) is 6.42 Å². The van der Waals surface area contributed by atoms with Gasteiger partial charge in [-0.15, -0.1) is 10.1 Å². The Morgan fingerprint density at radius 1 is 1.40 bits per heavy atom. The number of hydrogen-bond acceptors (Lipinski definition) is 10. The van der Waals surface area contributed by atoms with E-state index in [1.54, 1.807) is 0 Å². The van der Waals surface area contributed by atoms with Crippen LogP contribution in [0.3, 0.4) is 0 Å². The molecular weight excluding hydrogens is 340 g/mol. The maximum absolute atomic E-state index is 11.6. The van der Waals surface area contributed by atoms with E-state index in [1.807, 2.05) is 0 Å². The van der Waals surface area contributed by atoms with Gasteiger partial charge in [0.25, 0.3) is 10.6 Å². The van der Waals surface area contributed by atoms with Crippen molar-refractivity contribution in [2.24, 2.45) is 0 Å². The maximum Gasteiger partial charge on any atom is 0.305 e. The third kappa shape index (κ3) is 5.42. The molecule has 0 saturated carbocycles. The highest BCUT2D eigenvalue weighted by Crippen LogP contribution is 2.06. The van der Waals surface area contributed by atoms with Gasteiger partial charge in [0.1, 0.15) is 13.3 Å². The number of esters is 1. The molecule has 0 bridgehead atoms. The van der Waals surface area contributed by atoms with Crippen molar-refractivity contribution in [3.8, 4) is 0 Å². The summed E-state index contributed by atoms with van der Waals surface area (Å²) >= 11 is 0. The summed E-state index contributed by atoms with van der Waals surface area (Å²) in [6.45, 7) is -0.00459. The van der Waals surface area contributed by atoms with Crippen molar-refractivity contribution < 1.29 is 24.2 Å². The summed E-state index contributed by atoms with van der Waals surface area (Å²) in [6, 6.07) is 0. The summed E-state index contributed by atoms with van der Waals surface area (Å²) in [5.74, 6) is -0.543. The van der Waals surface area contributed by atoms with E-state index in [1.165, 1.54) is 10.9 Å². The smallest absolute Gasteiger partial charge is 0.305 e. The van der Waals surface area contributed by atoms with Crippen LogP contribution in [0.15, 0.2) is 11.1 Å². The van der Waals surface area contributed by atoms with E-state index in [2.05, 4.69) is 19.8 Å². The van der Waals surface area contributed by atoms with Gasteiger partial charge in [-0.1, -0.05) is 0 Å². The van der Waals surface area contributed by atoms with Crippen molar-refractivity contribution in [2.45, 2.75) is 19.6 Å². The van der Waals surface area contributed by atoms with Gasteiger partial charge in [-0.2, -0.15) is 4.98 Å². The van der Waals surface area contributed by atoms with Crippen LogP contribution >= 0.6 is 0 Å². The van der Waals surface area contributed by atoms with E-state index in [-0.39, 0.29) is 56.5 Å². The molecule has 0 spiro atoms. The minimum Gasteiger partial charge on any atom is -0.463 e. The highest BCUT2D eigenvalue weighted by molar-refractivity contribution is 5.70. The molecule has 0 aromatic carbocycles. The number of aromatic amines is 1. The topological polar surface area (TPSA) is 177 Å². The van der Waals surface area contributed by atoms with Gasteiger partial charge in [-0.25, -0.2) is 4.98 Å². The number of nitrogens with zero attached hydrogens (tertiary/aromatic N) is 4. The van der Waals surface area contributed by atoms with E-state index in [4.69, 9.17) is 15.2 Å².